The second-order valence-electron chi connectivity index (χ2n) is 5.00. The van der Waals surface area contributed by atoms with Gasteiger partial charge in [-0.2, -0.15) is 5.10 Å². The zero-order valence-corrected chi connectivity index (χ0v) is 12.8. The third-order valence-electron chi connectivity index (χ3n) is 3.07. The summed E-state index contributed by atoms with van der Waals surface area (Å²) in [6.45, 7) is 4.01. The van der Waals surface area contributed by atoms with Crippen molar-refractivity contribution in [3.63, 3.8) is 0 Å². The number of carbonyl (C=O) groups excluding carboxylic acids is 1. The van der Waals surface area contributed by atoms with Gasteiger partial charge in [0.2, 0.25) is 5.13 Å². The van der Waals surface area contributed by atoms with Crippen LogP contribution >= 0.6 is 11.3 Å². The van der Waals surface area contributed by atoms with Gasteiger partial charge >= 0.3 is 0 Å². The predicted octanol–water partition coefficient (Wildman–Crippen LogP) is 2.15. The van der Waals surface area contributed by atoms with E-state index in [2.05, 4.69) is 25.7 Å². The maximum atomic E-state index is 12.4. The number of fused-ring (bicyclic) bond motifs is 1. The highest BCUT2D eigenvalue weighted by Gasteiger charge is 2.16. The number of nitrogens with one attached hydrogen (secondary N) is 2. The highest BCUT2D eigenvalue weighted by Crippen LogP contribution is 2.23. The highest BCUT2D eigenvalue weighted by molar-refractivity contribution is 7.15. The molecule has 1 amide bonds. The van der Waals surface area contributed by atoms with E-state index in [1.54, 1.807) is 24.3 Å². The molecule has 0 aliphatic carbocycles. The zero-order valence-electron chi connectivity index (χ0n) is 12.0. The Kier molecular flexibility index (Phi) is 3.68. The molecular weight excluding hydrogens is 302 g/mol. The zero-order chi connectivity index (χ0) is 15.7. The number of amides is 1. The van der Waals surface area contributed by atoms with Crippen LogP contribution in [0.25, 0.3) is 10.8 Å². The molecule has 0 fully saturated rings. The van der Waals surface area contributed by atoms with Crippen LogP contribution in [0.5, 0.6) is 0 Å². The lowest BCUT2D eigenvalue weighted by atomic mass is 10.1. The molecule has 7 nitrogen and oxygen atoms in total. The van der Waals surface area contributed by atoms with E-state index in [4.69, 9.17) is 0 Å². The van der Waals surface area contributed by atoms with Crippen molar-refractivity contribution in [2.24, 2.45) is 0 Å². The van der Waals surface area contributed by atoms with Crippen LogP contribution in [-0.2, 0) is 0 Å². The number of hydrogen-bond acceptors (Lipinski definition) is 6. The van der Waals surface area contributed by atoms with Gasteiger partial charge in [0.25, 0.3) is 11.5 Å². The van der Waals surface area contributed by atoms with Crippen LogP contribution in [0.15, 0.2) is 29.1 Å². The standard InChI is InChI=1S/C14H13N5O2S/c1-7(2)13-18-19-14(22-13)15-12(21)10-8-5-3-4-6-9(8)11(20)17-16-10/h3-7H,1-2H3,(H,17,20)(H,15,19,21). The lowest BCUT2D eigenvalue weighted by molar-refractivity contribution is 0.102. The van der Waals surface area contributed by atoms with Crippen LogP contribution in [-0.4, -0.2) is 26.3 Å². The van der Waals surface area contributed by atoms with Gasteiger partial charge in [0.05, 0.1) is 5.39 Å². The molecule has 0 aliphatic rings. The molecule has 0 saturated carbocycles. The number of aromatic amines is 1. The topological polar surface area (TPSA) is 101 Å². The Morgan fingerprint density at radius 2 is 1.95 bits per heavy atom. The SMILES string of the molecule is CC(C)c1nnc(NC(=O)c2n[nH]c(=O)c3ccccc23)s1. The van der Waals surface area contributed by atoms with Crippen LogP contribution in [0.1, 0.15) is 35.3 Å². The molecule has 0 radical (unpaired) electrons. The summed E-state index contributed by atoms with van der Waals surface area (Å²) in [4.78, 5) is 24.1. The first-order valence-corrected chi connectivity index (χ1v) is 7.50. The Bertz CT molecular complexity index is 899. The molecule has 3 aromatic rings. The summed E-state index contributed by atoms with van der Waals surface area (Å²) in [6, 6.07) is 6.82. The minimum Gasteiger partial charge on any atom is -0.295 e. The quantitative estimate of drug-likeness (QED) is 0.771. The Morgan fingerprint density at radius 3 is 2.64 bits per heavy atom. The van der Waals surface area contributed by atoms with Crippen molar-refractivity contribution >= 4 is 33.1 Å². The van der Waals surface area contributed by atoms with E-state index in [9.17, 15) is 9.59 Å². The minimum atomic E-state index is -0.432. The Hall–Kier alpha value is -2.61. The van der Waals surface area contributed by atoms with Crippen molar-refractivity contribution in [1.29, 1.82) is 0 Å². The van der Waals surface area contributed by atoms with E-state index in [0.29, 0.717) is 15.9 Å². The number of hydrogen-bond donors (Lipinski definition) is 2. The van der Waals surface area contributed by atoms with Gasteiger partial charge in [-0.1, -0.05) is 43.4 Å². The average molecular weight is 315 g/mol. The number of nitrogens with zero attached hydrogens (tertiary/aromatic N) is 3. The molecule has 22 heavy (non-hydrogen) atoms. The van der Waals surface area contributed by atoms with Gasteiger partial charge in [-0.05, 0) is 6.07 Å². The summed E-state index contributed by atoms with van der Waals surface area (Å²) in [5, 5.41) is 19.0. The number of anilines is 1. The Balaban J connectivity index is 1.95. The van der Waals surface area contributed by atoms with Crippen molar-refractivity contribution in [2.75, 3.05) is 5.32 Å². The summed E-state index contributed by atoms with van der Waals surface area (Å²) >= 11 is 1.32. The Labute approximate surface area is 129 Å². The summed E-state index contributed by atoms with van der Waals surface area (Å²) in [5.74, 6) is -0.186. The lowest BCUT2D eigenvalue weighted by Gasteiger charge is -2.03. The fourth-order valence-corrected chi connectivity index (χ4v) is 2.70. The number of aromatic nitrogens is 4. The van der Waals surface area contributed by atoms with Crippen molar-refractivity contribution in [2.45, 2.75) is 19.8 Å². The van der Waals surface area contributed by atoms with Crippen LogP contribution in [0, 0.1) is 0 Å². The van der Waals surface area contributed by atoms with Crippen LogP contribution in [0.4, 0.5) is 5.13 Å². The molecule has 0 saturated heterocycles. The van der Waals surface area contributed by atoms with Crippen molar-refractivity contribution < 1.29 is 4.79 Å². The summed E-state index contributed by atoms with van der Waals surface area (Å²) < 4.78 is 0. The minimum absolute atomic E-state index is 0.150. The summed E-state index contributed by atoms with van der Waals surface area (Å²) in [5.41, 5.74) is -0.179. The second-order valence-corrected chi connectivity index (χ2v) is 6.01. The van der Waals surface area contributed by atoms with E-state index in [1.807, 2.05) is 13.8 Å². The smallest absolute Gasteiger partial charge is 0.278 e. The molecule has 2 heterocycles. The third kappa shape index (κ3) is 2.60. The molecule has 1 aromatic carbocycles. The fourth-order valence-electron chi connectivity index (χ4n) is 1.96. The largest absolute Gasteiger partial charge is 0.295 e. The first kappa shape index (κ1) is 14.3. The van der Waals surface area contributed by atoms with Crippen LogP contribution in [0.2, 0.25) is 0 Å². The van der Waals surface area contributed by atoms with E-state index in [1.165, 1.54) is 11.3 Å². The van der Waals surface area contributed by atoms with Crippen LogP contribution < -0.4 is 10.9 Å². The van der Waals surface area contributed by atoms with Gasteiger partial charge in [-0.3, -0.25) is 14.9 Å². The normalized spacial score (nSPS) is 11.0. The van der Waals surface area contributed by atoms with Gasteiger partial charge in [0.15, 0.2) is 5.69 Å². The fraction of sp³-hybridized carbons (Fsp3) is 0.214. The molecule has 2 N–H and O–H groups in total. The van der Waals surface area contributed by atoms with Gasteiger partial charge < -0.3 is 0 Å². The second kappa shape index (κ2) is 5.64. The summed E-state index contributed by atoms with van der Waals surface area (Å²) in [7, 11) is 0. The van der Waals surface area contributed by atoms with E-state index >= 15 is 0 Å². The number of benzene rings is 1. The van der Waals surface area contributed by atoms with Crippen molar-refractivity contribution in [1.82, 2.24) is 20.4 Å². The Morgan fingerprint density at radius 1 is 1.23 bits per heavy atom. The highest BCUT2D eigenvalue weighted by atomic mass is 32.1. The third-order valence-corrected chi connectivity index (χ3v) is 4.21. The molecule has 8 heteroatoms. The molecule has 2 aromatic heterocycles. The maximum absolute atomic E-state index is 12.4. The predicted molar refractivity (Wildman–Crippen MR) is 84.3 cm³/mol. The van der Waals surface area contributed by atoms with E-state index in [-0.39, 0.29) is 17.2 Å². The van der Waals surface area contributed by atoms with Gasteiger partial charge in [-0.25, -0.2) is 5.10 Å². The van der Waals surface area contributed by atoms with Crippen LogP contribution in [0.3, 0.4) is 0 Å². The first-order chi connectivity index (χ1) is 10.6. The molecule has 112 valence electrons. The lowest BCUT2D eigenvalue weighted by Crippen LogP contribution is -2.19. The monoisotopic (exact) mass is 315 g/mol. The molecule has 0 bridgehead atoms. The van der Waals surface area contributed by atoms with Crippen molar-refractivity contribution in [3.8, 4) is 0 Å². The molecule has 0 atom stereocenters. The molecular formula is C14H13N5O2S. The number of carbonyl (C=O) groups is 1. The maximum Gasteiger partial charge on any atom is 0.278 e. The molecule has 0 aliphatic heterocycles. The number of H-pyrrole nitrogens is 1. The molecule has 3 rings (SSSR count). The van der Waals surface area contributed by atoms with Crippen molar-refractivity contribution in [3.05, 3.63) is 45.3 Å². The van der Waals surface area contributed by atoms with E-state index in [0.717, 1.165) is 5.01 Å². The van der Waals surface area contributed by atoms with Gasteiger partial charge in [0.1, 0.15) is 5.01 Å². The first-order valence-electron chi connectivity index (χ1n) is 6.68. The molecule has 0 unspecified atom stereocenters. The van der Waals surface area contributed by atoms with E-state index < -0.39 is 5.91 Å². The van der Waals surface area contributed by atoms with Gasteiger partial charge in [0, 0.05) is 11.3 Å². The average Bonchev–Trinajstić information content (AvgIpc) is 2.96. The number of rotatable bonds is 3. The summed E-state index contributed by atoms with van der Waals surface area (Å²) in [6.07, 6.45) is 0. The van der Waals surface area contributed by atoms with Gasteiger partial charge in [-0.15, -0.1) is 10.2 Å². The molecule has 0 spiro atoms.